The summed E-state index contributed by atoms with van der Waals surface area (Å²) >= 11 is 16.1. The third-order valence-corrected chi connectivity index (χ3v) is 1.54. The van der Waals surface area contributed by atoms with Gasteiger partial charge in [-0.15, -0.1) is 0 Å². The summed E-state index contributed by atoms with van der Waals surface area (Å²) in [5.74, 6) is -0.624. The highest BCUT2D eigenvalue weighted by Gasteiger charge is 2.24. The summed E-state index contributed by atoms with van der Waals surface area (Å²) in [5.41, 5.74) is 5.09. The van der Waals surface area contributed by atoms with E-state index in [-0.39, 0.29) is 12.3 Å². The summed E-state index contributed by atoms with van der Waals surface area (Å²) in [6, 6.07) is 0. The van der Waals surface area contributed by atoms with E-state index in [1.54, 1.807) is 6.92 Å². The van der Waals surface area contributed by atoms with E-state index in [4.69, 9.17) is 40.5 Å². The standard InChI is InChI=1S/C6H8Cl3NO2/c1-2-12-5(11)3-4(10)6(7,8)9/h3H,2,10H2,1H3/b4-3-. The van der Waals surface area contributed by atoms with E-state index in [0.29, 0.717) is 0 Å². The van der Waals surface area contributed by atoms with Crippen molar-refractivity contribution < 1.29 is 9.53 Å². The van der Waals surface area contributed by atoms with E-state index >= 15 is 0 Å². The quantitative estimate of drug-likeness (QED) is 0.448. The van der Waals surface area contributed by atoms with E-state index in [1.165, 1.54) is 0 Å². The molecule has 0 saturated carbocycles. The number of esters is 1. The van der Waals surface area contributed by atoms with Gasteiger partial charge in [-0.25, -0.2) is 4.79 Å². The van der Waals surface area contributed by atoms with Crippen LogP contribution in [0, 0.1) is 0 Å². The highest BCUT2D eigenvalue weighted by Crippen LogP contribution is 2.31. The maximum atomic E-state index is 10.7. The molecule has 2 N–H and O–H groups in total. The van der Waals surface area contributed by atoms with Crippen LogP contribution in [0.3, 0.4) is 0 Å². The summed E-state index contributed by atoms with van der Waals surface area (Å²) in [6.45, 7) is 1.92. The molecule has 0 aromatic heterocycles. The first-order chi connectivity index (χ1) is 5.38. The number of nitrogens with two attached hydrogens (primary N) is 1. The van der Waals surface area contributed by atoms with Crippen molar-refractivity contribution in [2.24, 2.45) is 5.73 Å². The fraction of sp³-hybridized carbons (Fsp3) is 0.500. The van der Waals surface area contributed by atoms with Crippen LogP contribution in [0.25, 0.3) is 0 Å². The summed E-state index contributed by atoms with van der Waals surface area (Å²) in [4.78, 5) is 10.7. The number of hydrogen-bond acceptors (Lipinski definition) is 3. The van der Waals surface area contributed by atoms with E-state index in [9.17, 15) is 4.79 Å². The molecule has 0 aliphatic carbocycles. The Bertz CT molecular complexity index is 197. The van der Waals surface area contributed by atoms with Gasteiger partial charge in [0.25, 0.3) is 0 Å². The zero-order valence-corrected chi connectivity index (χ0v) is 8.58. The number of carbonyl (C=O) groups is 1. The van der Waals surface area contributed by atoms with Crippen molar-refractivity contribution >= 4 is 40.8 Å². The van der Waals surface area contributed by atoms with Crippen molar-refractivity contribution in [2.75, 3.05) is 6.61 Å². The van der Waals surface area contributed by atoms with Gasteiger partial charge in [0, 0.05) is 6.08 Å². The predicted molar refractivity (Wildman–Crippen MR) is 49.2 cm³/mol. The molecule has 0 fully saturated rings. The summed E-state index contributed by atoms with van der Waals surface area (Å²) in [6.07, 6.45) is 0.941. The highest BCUT2D eigenvalue weighted by molar-refractivity contribution is 6.69. The molecule has 0 atom stereocenters. The van der Waals surface area contributed by atoms with Crippen molar-refractivity contribution in [1.82, 2.24) is 0 Å². The van der Waals surface area contributed by atoms with Gasteiger partial charge < -0.3 is 10.5 Å². The first kappa shape index (κ1) is 11.9. The van der Waals surface area contributed by atoms with Crippen LogP contribution in [0.5, 0.6) is 0 Å². The summed E-state index contributed by atoms with van der Waals surface area (Å²) < 4.78 is 2.78. The second kappa shape index (κ2) is 4.80. The third kappa shape index (κ3) is 4.70. The van der Waals surface area contributed by atoms with Gasteiger partial charge in [-0.2, -0.15) is 0 Å². The van der Waals surface area contributed by atoms with Gasteiger partial charge in [0.2, 0.25) is 3.79 Å². The van der Waals surface area contributed by atoms with Gasteiger partial charge in [-0.3, -0.25) is 0 Å². The Kier molecular flexibility index (Phi) is 4.75. The molecule has 0 aromatic rings. The maximum Gasteiger partial charge on any atom is 0.332 e. The fourth-order valence-corrected chi connectivity index (χ4v) is 0.556. The van der Waals surface area contributed by atoms with Gasteiger partial charge in [0.1, 0.15) is 0 Å². The number of rotatable bonds is 2. The van der Waals surface area contributed by atoms with Gasteiger partial charge >= 0.3 is 5.97 Å². The minimum atomic E-state index is -1.76. The Morgan fingerprint density at radius 1 is 1.58 bits per heavy atom. The SMILES string of the molecule is CCOC(=O)/C=C(\N)C(Cl)(Cl)Cl. The lowest BCUT2D eigenvalue weighted by atomic mass is 10.4. The van der Waals surface area contributed by atoms with Crippen LogP contribution < -0.4 is 5.73 Å². The van der Waals surface area contributed by atoms with Crippen molar-refractivity contribution in [1.29, 1.82) is 0 Å². The molecule has 0 unspecified atom stereocenters. The molecule has 0 radical (unpaired) electrons. The molecular formula is C6H8Cl3NO2. The number of hydrogen-bond donors (Lipinski definition) is 1. The third-order valence-electron chi connectivity index (χ3n) is 0.887. The monoisotopic (exact) mass is 231 g/mol. The van der Waals surface area contributed by atoms with Gasteiger partial charge in [0.05, 0.1) is 12.3 Å². The second-order valence-corrected chi connectivity index (χ2v) is 4.13. The van der Waals surface area contributed by atoms with Gasteiger partial charge in [-0.1, -0.05) is 34.8 Å². The topological polar surface area (TPSA) is 52.3 Å². The molecule has 0 aliphatic heterocycles. The molecular weight excluding hydrogens is 224 g/mol. The summed E-state index contributed by atoms with van der Waals surface area (Å²) in [5, 5.41) is 0. The van der Waals surface area contributed by atoms with E-state index in [0.717, 1.165) is 6.08 Å². The molecule has 0 heterocycles. The number of alkyl halides is 3. The molecule has 12 heavy (non-hydrogen) atoms. The largest absolute Gasteiger partial charge is 0.463 e. The predicted octanol–water partition coefficient (Wildman–Crippen LogP) is 1.76. The molecule has 0 rings (SSSR count). The molecule has 0 aliphatic rings. The number of allylic oxidation sites excluding steroid dienone is 1. The zero-order chi connectivity index (χ0) is 9.78. The lowest BCUT2D eigenvalue weighted by Gasteiger charge is -2.09. The number of carbonyl (C=O) groups excluding carboxylic acids is 1. The summed E-state index contributed by atoms with van der Waals surface area (Å²) in [7, 11) is 0. The molecule has 0 spiro atoms. The van der Waals surface area contributed by atoms with Crippen LogP contribution in [0.4, 0.5) is 0 Å². The van der Waals surface area contributed by atoms with Crippen LogP contribution in [0.2, 0.25) is 0 Å². The minimum Gasteiger partial charge on any atom is -0.463 e. The average molecular weight is 232 g/mol. The fourth-order valence-electron chi connectivity index (χ4n) is 0.393. The van der Waals surface area contributed by atoms with E-state index < -0.39 is 9.76 Å². The van der Waals surface area contributed by atoms with Crippen LogP contribution in [-0.4, -0.2) is 16.4 Å². The molecule has 0 amide bonds. The Hall–Kier alpha value is -0.120. The number of halogens is 3. The van der Waals surface area contributed by atoms with Gasteiger partial charge in [0.15, 0.2) is 0 Å². The van der Waals surface area contributed by atoms with Gasteiger partial charge in [-0.05, 0) is 6.92 Å². The Balaban J connectivity index is 4.26. The van der Waals surface area contributed by atoms with Crippen molar-refractivity contribution in [3.63, 3.8) is 0 Å². The van der Waals surface area contributed by atoms with Crippen LogP contribution >= 0.6 is 34.8 Å². The van der Waals surface area contributed by atoms with Crippen LogP contribution in [0.15, 0.2) is 11.8 Å². The second-order valence-electron chi connectivity index (χ2n) is 1.85. The smallest absolute Gasteiger partial charge is 0.332 e. The Morgan fingerprint density at radius 2 is 2.08 bits per heavy atom. The molecule has 0 saturated heterocycles. The van der Waals surface area contributed by atoms with Crippen molar-refractivity contribution in [3.8, 4) is 0 Å². The van der Waals surface area contributed by atoms with Crippen LogP contribution in [-0.2, 0) is 9.53 Å². The van der Waals surface area contributed by atoms with Crippen LogP contribution in [0.1, 0.15) is 6.92 Å². The first-order valence-electron chi connectivity index (χ1n) is 3.09. The number of ether oxygens (including phenoxy) is 1. The lowest BCUT2D eigenvalue weighted by molar-refractivity contribution is -0.137. The average Bonchev–Trinajstić information content (AvgIpc) is 1.85. The Labute approximate surface area is 85.4 Å². The van der Waals surface area contributed by atoms with E-state index in [1.807, 2.05) is 0 Å². The lowest BCUT2D eigenvalue weighted by Crippen LogP contribution is -2.18. The molecule has 0 aromatic carbocycles. The minimum absolute atomic E-state index is 0.161. The highest BCUT2D eigenvalue weighted by atomic mass is 35.6. The normalized spacial score (nSPS) is 12.8. The zero-order valence-electron chi connectivity index (χ0n) is 6.31. The van der Waals surface area contributed by atoms with Crippen molar-refractivity contribution in [3.05, 3.63) is 11.8 Å². The molecule has 70 valence electrons. The molecule has 0 bridgehead atoms. The molecule has 6 heteroatoms. The molecule has 3 nitrogen and oxygen atoms in total. The van der Waals surface area contributed by atoms with Crippen molar-refractivity contribution in [2.45, 2.75) is 10.7 Å². The Morgan fingerprint density at radius 3 is 2.42 bits per heavy atom. The van der Waals surface area contributed by atoms with E-state index in [2.05, 4.69) is 4.74 Å². The first-order valence-corrected chi connectivity index (χ1v) is 4.22. The maximum absolute atomic E-state index is 10.7.